The molecule has 0 heterocycles. The number of hydrogen-bond acceptors (Lipinski definition) is 3. The van der Waals surface area contributed by atoms with Crippen LogP contribution in [0.2, 0.25) is 0 Å². The third-order valence-electron chi connectivity index (χ3n) is 2.53. The van der Waals surface area contributed by atoms with Crippen LogP contribution < -0.4 is 16.4 Å². The number of carbonyl (C=O) groups excluding carboxylic acids is 2. The fourth-order valence-corrected chi connectivity index (χ4v) is 1.69. The molecule has 0 radical (unpaired) electrons. The normalized spacial score (nSPS) is 11.7. The summed E-state index contributed by atoms with van der Waals surface area (Å²) in [5, 5.41) is 5.47. The molecule has 5 nitrogen and oxygen atoms in total. The maximum absolute atomic E-state index is 11.7. The monoisotopic (exact) mass is 263 g/mol. The van der Waals surface area contributed by atoms with E-state index in [0.29, 0.717) is 17.8 Å². The zero-order valence-electron chi connectivity index (χ0n) is 11.4. The highest BCUT2D eigenvalue weighted by Crippen LogP contribution is 2.15. The van der Waals surface area contributed by atoms with Gasteiger partial charge >= 0.3 is 0 Å². The van der Waals surface area contributed by atoms with Crippen LogP contribution in [-0.4, -0.2) is 17.9 Å². The molecule has 4 N–H and O–H groups in total. The molecule has 19 heavy (non-hydrogen) atoms. The molecule has 0 aromatic heterocycles. The standard InChI is InChI=1S/C14H21N3O2/c1-10(15)5-3-8-14(19)17-13-7-4-6-12(9-13)16-11(2)18/h4,6-7,9-10H,3,5,8,15H2,1-2H3,(H,16,18)(H,17,19). The van der Waals surface area contributed by atoms with Crippen molar-refractivity contribution in [2.75, 3.05) is 10.6 Å². The first-order valence-electron chi connectivity index (χ1n) is 6.40. The van der Waals surface area contributed by atoms with Gasteiger partial charge in [0.25, 0.3) is 0 Å². The third kappa shape index (κ3) is 6.57. The maximum Gasteiger partial charge on any atom is 0.224 e. The van der Waals surface area contributed by atoms with Crippen LogP contribution in [0.15, 0.2) is 24.3 Å². The first kappa shape index (κ1) is 15.2. The summed E-state index contributed by atoms with van der Waals surface area (Å²) in [6, 6.07) is 7.19. The van der Waals surface area contributed by atoms with Gasteiger partial charge in [0.05, 0.1) is 0 Å². The Labute approximate surface area is 113 Å². The predicted octanol–water partition coefficient (Wildman–Crippen LogP) is 2.10. The van der Waals surface area contributed by atoms with Crippen LogP contribution in [0.1, 0.15) is 33.1 Å². The molecular weight excluding hydrogens is 242 g/mol. The topological polar surface area (TPSA) is 84.2 Å². The Morgan fingerprint density at radius 3 is 2.47 bits per heavy atom. The summed E-state index contributed by atoms with van der Waals surface area (Å²) in [5.74, 6) is -0.180. The average molecular weight is 263 g/mol. The highest BCUT2D eigenvalue weighted by atomic mass is 16.2. The summed E-state index contributed by atoms with van der Waals surface area (Å²) in [6.45, 7) is 3.37. The summed E-state index contributed by atoms with van der Waals surface area (Å²) in [6.07, 6.45) is 2.06. The molecule has 1 aromatic rings. The van der Waals surface area contributed by atoms with Crippen molar-refractivity contribution >= 4 is 23.2 Å². The lowest BCUT2D eigenvalue weighted by Crippen LogP contribution is -2.17. The lowest BCUT2D eigenvalue weighted by atomic mass is 10.1. The van der Waals surface area contributed by atoms with Gasteiger partial charge in [-0.1, -0.05) is 6.07 Å². The fraction of sp³-hybridized carbons (Fsp3) is 0.429. The first-order chi connectivity index (χ1) is 8.97. The van der Waals surface area contributed by atoms with E-state index in [4.69, 9.17) is 5.73 Å². The highest BCUT2D eigenvalue weighted by Gasteiger charge is 2.04. The summed E-state index contributed by atoms with van der Waals surface area (Å²) in [4.78, 5) is 22.6. The second kappa shape index (κ2) is 7.53. The van der Waals surface area contributed by atoms with Crippen molar-refractivity contribution in [3.8, 4) is 0 Å². The summed E-state index contributed by atoms with van der Waals surface area (Å²) < 4.78 is 0. The Morgan fingerprint density at radius 2 is 1.89 bits per heavy atom. The molecule has 1 aromatic carbocycles. The molecule has 0 bridgehead atoms. The van der Waals surface area contributed by atoms with Crippen LogP contribution in [0.3, 0.4) is 0 Å². The molecule has 0 aliphatic rings. The zero-order chi connectivity index (χ0) is 14.3. The van der Waals surface area contributed by atoms with Crippen molar-refractivity contribution in [1.29, 1.82) is 0 Å². The molecular formula is C14H21N3O2. The molecule has 0 saturated heterocycles. The Balaban J connectivity index is 2.47. The van der Waals surface area contributed by atoms with E-state index in [-0.39, 0.29) is 17.9 Å². The van der Waals surface area contributed by atoms with E-state index in [1.807, 2.05) is 6.92 Å². The Hall–Kier alpha value is -1.88. The fourth-order valence-electron chi connectivity index (χ4n) is 1.69. The number of benzene rings is 1. The second-order valence-corrected chi connectivity index (χ2v) is 4.68. The lowest BCUT2D eigenvalue weighted by Gasteiger charge is -2.08. The van der Waals surface area contributed by atoms with Crippen molar-refractivity contribution < 1.29 is 9.59 Å². The van der Waals surface area contributed by atoms with Crippen molar-refractivity contribution in [2.45, 2.75) is 39.2 Å². The van der Waals surface area contributed by atoms with Gasteiger partial charge in [-0.3, -0.25) is 9.59 Å². The van der Waals surface area contributed by atoms with Crippen LogP contribution >= 0.6 is 0 Å². The summed E-state index contributed by atoms with van der Waals surface area (Å²) in [7, 11) is 0. The van der Waals surface area contributed by atoms with Gasteiger partial charge in [-0.2, -0.15) is 0 Å². The minimum atomic E-state index is -0.139. The third-order valence-corrected chi connectivity index (χ3v) is 2.53. The minimum absolute atomic E-state index is 0.0411. The van der Waals surface area contributed by atoms with Gasteiger partial charge in [0, 0.05) is 30.8 Å². The van der Waals surface area contributed by atoms with Gasteiger partial charge in [-0.15, -0.1) is 0 Å². The molecule has 2 amide bonds. The van der Waals surface area contributed by atoms with Crippen LogP contribution in [0, 0.1) is 0 Å². The van der Waals surface area contributed by atoms with E-state index in [1.54, 1.807) is 24.3 Å². The number of carbonyl (C=O) groups is 2. The number of nitrogens with one attached hydrogen (secondary N) is 2. The summed E-state index contributed by atoms with van der Waals surface area (Å²) in [5.41, 5.74) is 6.97. The maximum atomic E-state index is 11.7. The van der Waals surface area contributed by atoms with Crippen LogP contribution in [0.25, 0.3) is 0 Å². The van der Waals surface area contributed by atoms with Gasteiger partial charge in [0.15, 0.2) is 0 Å². The zero-order valence-corrected chi connectivity index (χ0v) is 11.4. The van der Waals surface area contributed by atoms with Gasteiger partial charge in [-0.25, -0.2) is 0 Å². The van der Waals surface area contributed by atoms with Gasteiger partial charge in [0.2, 0.25) is 11.8 Å². The van der Waals surface area contributed by atoms with E-state index in [1.165, 1.54) is 6.92 Å². The van der Waals surface area contributed by atoms with Crippen molar-refractivity contribution in [1.82, 2.24) is 0 Å². The largest absolute Gasteiger partial charge is 0.328 e. The summed E-state index contributed by atoms with van der Waals surface area (Å²) >= 11 is 0. The van der Waals surface area contributed by atoms with Gasteiger partial charge < -0.3 is 16.4 Å². The molecule has 1 atom stereocenters. The van der Waals surface area contributed by atoms with Crippen molar-refractivity contribution in [3.05, 3.63) is 24.3 Å². The minimum Gasteiger partial charge on any atom is -0.328 e. The Kier molecular flexibility index (Phi) is 6.02. The average Bonchev–Trinajstić information content (AvgIpc) is 2.27. The lowest BCUT2D eigenvalue weighted by molar-refractivity contribution is -0.116. The Morgan fingerprint density at radius 1 is 1.26 bits per heavy atom. The van der Waals surface area contributed by atoms with Crippen LogP contribution in [-0.2, 0) is 9.59 Å². The molecule has 1 unspecified atom stereocenters. The molecule has 1 rings (SSSR count). The van der Waals surface area contributed by atoms with Gasteiger partial charge in [0.1, 0.15) is 0 Å². The van der Waals surface area contributed by atoms with E-state index in [9.17, 15) is 9.59 Å². The molecule has 0 spiro atoms. The van der Waals surface area contributed by atoms with E-state index < -0.39 is 0 Å². The molecule has 104 valence electrons. The highest BCUT2D eigenvalue weighted by molar-refractivity contribution is 5.93. The van der Waals surface area contributed by atoms with Gasteiger partial charge in [-0.05, 0) is 38.0 Å². The Bertz CT molecular complexity index is 444. The molecule has 5 heteroatoms. The van der Waals surface area contributed by atoms with E-state index in [2.05, 4.69) is 10.6 Å². The quantitative estimate of drug-likeness (QED) is 0.734. The smallest absolute Gasteiger partial charge is 0.224 e. The number of hydrogen-bond donors (Lipinski definition) is 3. The van der Waals surface area contributed by atoms with E-state index >= 15 is 0 Å². The number of amides is 2. The second-order valence-electron chi connectivity index (χ2n) is 4.68. The van der Waals surface area contributed by atoms with Crippen molar-refractivity contribution in [3.63, 3.8) is 0 Å². The number of nitrogens with two attached hydrogens (primary N) is 1. The molecule has 0 fully saturated rings. The van der Waals surface area contributed by atoms with Crippen molar-refractivity contribution in [2.24, 2.45) is 5.73 Å². The molecule has 0 aliphatic carbocycles. The number of anilines is 2. The van der Waals surface area contributed by atoms with E-state index in [0.717, 1.165) is 12.8 Å². The molecule has 0 saturated carbocycles. The SMILES string of the molecule is CC(=O)Nc1cccc(NC(=O)CCCC(C)N)c1. The van der Waals surface area contributed by atoms with Crippen LogP contribution in [0.5, 0.6) is 0 Å². The predicted molar refractivity (Wildman–Crippen MR) is 76.9 cm³/mol. The number of rotatable bonds is 6. The first-order valence-corrected chi connectivity index (χ1v) is 6.40. The van der Waals surface area contributed by atoms with Crippen LogP contribution in [0.4, 0.5) is 11.4 Å². The molecule has 0 aliphatic heterocycles.